The van der Waals surface area contributed by atoms with E-state index < -0.39 is 40.2 Å². The Kier molecular flexibility index (Phi) is 9.95. The van der Waals surface area contributed by atoms with Crippen LogP contribution >= 0.6 is 11.6 Å². The Morgan fingerprint density at radius 1 is 1.00 bits per heavy atom. The SMILES string of the molecule is CC[C@H](C)NC(=O)[C@@H](C)N(Cc1ccccc1Cl)C(=O)CN(c1ccc(F)cc1)S(=O)(=O)c1ccc2c(c1)OCCO2. The van der Waals surface area contributed by atoms with Gasteiger partial charge in [0.25, 0.3) is 10.0 Å². The number of carbonyl (C=O) groups is 2. The highest BCUT2D eigenvalue weighted by atomic mass is 35.5. The molecule has 0 aliphatic carbocycles. The predicted molar refractivity (Wildman–Crippen MR) is 158 cm³/mol. The molecular weight excluding hydrogens is 585 g/mol. The molecule has 0 bridgehead atoms. The zero-order valence-electron chi connectivity index (χ0n) is 23.5. The van der Waals surface area contributed by atoms with E-state index in [1.165, 1.54) is 35.2 Å². The van der Waals surface area contributed by atoms with Gasteiger partial charge < -0.3 is 19.7 Å². The third-order valence-corrected chi connectivity index (χ3v) is 9.10. The van der Waals surface area contributed by atoms with E-state index in [-0.39, 0.29) is 35.5 Å². The van der Waals surface area contributed by atoms with Crippen LogP contribution in [0.5, 0.6) is 11.5 Å². The number of hydrogen-bond acceptors (Lipinski definition) is 6. The van der Waals surface area contributed by atoms with E-state index in [1.54, 1.807) is 31.2 Å². The molecule has 2 amide bonds. The molecule has 12 heteroatoms. The fraction of sp³-hybridized carbons (Fsp3) is 0.333. The van der Waals surface area contributed by atoms with E-state index in [9.17, 15) is 22.4 Å². The number of hydrogen-bond donors (Lipinski definition) is 1. The van der Waals surface area contributed by atoms with Gasteiger partial charge in [-0.2, -0.15) is 0 Å². The van der Waals surface area contributed by atoms with Crippen LogP contribution in [-0.2, 0) is 26.2 Å². The average molecular weight is 618 g/mol. The standard InChI is InChI=1S/C30H33ClFN3O6S/c1-4-20(2)33-30(37)21(3)34(18-22-7-5-6-8-26(22)31)29(36)19-35(24-11-9-23(32)10-12-24)42(38,39)25-13-14-27-28(17-25)41-16-15-40-27/h5-14,17,20-21H,4,15-16,18-19H2,1-3H3,(H,33,37)/t20-,21+/m0/s1. The van der Waals surface area contributed by atoms with Gasteiger partial charge in [-0.05, 0) is 68.3 Å². The van der Waals surface area contributed by atoms with Crippen LogP contribution in [0.2, 0.25) is 5.02 Å². The van der Waals surface area contributed by atoms with Crippen molar-refractivity contribution in [2.75, 3.05) is 24.1 Å². The van der Waals surface area contributed by atoms with Gasteiger partial charge in [0.2, 0.25) is 11.8 Å². The minimum atomic E-state index is -4.38. The lowest BCUT2D eigenvalue weighted by Crippen LogP contribution is -2.52. The highest BCUT2D eigenvalue weighted by Crippen LogP contribution is 2.34. The van der Waals surface area contributed by atoms with Crippen LogP contribution in [0.1, 0.15) is 32.8 Å². The normalized spacial score (nSPS) is 14.0. The van der Waals surface area contributed by atoms with Crippen molar-refractivity contribution < 1.29 is 31.9 Å². The van der Waals surface area contributed by atoms with Crippen molar-refractivity contribution in [3.8, 4) is 11.5 Å². The summed E-state index contributed by atoms with van der Waals surface area (Å²) in [7, 11) is -4.38. The van der Waals surface area contributed by atoms with Crippen molar-refractivity contribution in [3.05, 3.63) is 83.1 Å². The number of amides is 2. The van der Waals surface area contributed by atoms with Crippen LogP contribution in [0.3, 0.4) is 0 Å². The largest absolute Gasteiger partial charge is 0.486 e. The van der Waals surface area contributed by atoms with Gasteiger partial charge >= 0.3 is 0 Å². The number of ether oxygens (including phenoxy) is 2. The smallest absolute Gasteiger partial charge is 0.264 e. The van der Waals surface area contributed by atoms with Gasteiger partial charge in [-0.3, -0.25) is 13.9 Å². The van der Waals surface area contributed by atoms with Crippen LogP contribution in [0, 0.1) is 5.82 Å². The van der Waals surface area contributed by atoms with Gasteiger partial charge in [0.15, 0.2) is 11.5 Å². The molecule has 1 aliphatic heterocycles. The number of nitrogens with zero attached hydrogens (tertiary/aromatic N) is 2. The van der Waals surface area contributed by atoms with Gasteiger partial charge in [0.05, 0.1) is 10.6 Å². The van der Waals surface area contributed by atoms with E-state index in [2.05, 4.69) is 5.32 Å². The summed E-state index contributed by atoms with van der Waals surface area (Å²) in [6.45, 7) is 5.21. The summed E-state index contributed by atoms with van der Waals surface area (Å²) in [5, 5.41) is 3.27. The fourth-order valence-electron chi connectivity index (χ4n) is 4.31. The quantitative estimate of drug-likeness (QED) is 0.332. The molecule has 3 aromatic carbocycles. The molecule has 1 aliphatic rings. The molecule has 4 rings (SSSR count). The molecule has 1 N–H and O–H groups in total. The lowest BCUT2D eigenvalue weighted by Gasteiger charge is -2.32. The summed E-state index contributed by atoms with van der Waals surface area (Å²) in [4.78, 5) is 28.3. The molecule has 2 atom stereocenters. The third-order valence-electron chi connectivity index (χ3n) is 6.96. The maximum absolute atomic E-state index is 14.0. The van der Waals surface area contributed by atoms with Crippen molar-refractivity contribution in [1.29, 1.82) is 0 Å². The van der Waals surface area contributed by atoms with Gasteiger partial charge in [-0.25, -0.2) is 12.8 Å². The van der Waals surface area contributed by atoms with Crippen LogP contribution in [0.25, 0.3) is 0 Å². The first-order valence-electron chi connectivity index (χ1n) is 13.5. The predicted octanol–water partition coefficient (Wildman–Crippen LogP) is 4.78. The molecule has 224 valence electrons. The molecule has 0 spiro atoms. The zero-order valence-corrected chi connectivity index (χ0v) is 25.1. The van der Waals surface area contributed by atoms with Crippen molar-refractivity contribution in [3.63, 3.8) is 0 Å². The zero-order chi connectivity index (χ0) is 30.4. The van der Waals surface area contributed by atoms with E-state index in [4.69, 9.17) is 21.1 Å². The van der Waals surface area contributed by atoms with Crippen molar-refractivity contribution in [2.24, 2.45) is 0 Å². The molecule has 0 radical (unpaired) electrons. The number of anilines is 1. The van der Waals surface area contributed by atoms with Gasteiger partial charge in [-0.15, -0.1) is 0 Å². The number of carbonyl (C=O) groups excluding carboxylic acids is 2. The molecule has 9 nitrogen and oxygen atoms in total. The van der Waals surface area contributed by atoms with Gasteiger partial charge in [0.1, 0.15) is 31.6 Å². The number of sulfonamides is 1. The number of rotatable bonds is 11. The molecule has 1 heterocycles. The summed E-state index contributed by atoms with van der Waals surface area (Å²) in [5.41, 5.74) is 0.646. The first-order valence-corrected chi connectivity index (χ1v) is 15.3. The maximum Gasteiger partial charge on any atom is 0.264 e. The molecule has 3 aromatic rings. The highest BCUT2D eigenvalue weighted by molar-refractivity contribution is 7.92. The molecule has 0 aromatic heterocycles. The number of benzene rings is 3. The van der Waals surface area contributed by atoms with E-state index in [1.807, 2.05) is 13.8 Å². The summed E-state index contributed by atoms with van der Waals surface area (Å²) >= 11 is 6.39. The Bertz CT molecular complexity index is 1540. The Morgan fingerprint density at radius 2 is 1.67 bits per heavy atom. The van der Waals surface area contributed by atoms with Crippen molar-refractivity contribution in [1.82, 2.24) is 10.2 Å². The van der Waals surface area contributed by atoms with Crippen molar-refractivity contribution >= 4 is 39.1 Å². The molecule has 0 saturated heterocycles. The number of halogens is 2. The second-order valence-electron chi connectivity index (χ2n) is 9.90. The number of nitrogens with one attached hydrogen (secondary N) is 1. The molecule has 42 heavy (non-hydrogen) atoms. The summed E-state index contributed by atoms with van der Waals surface area (Å²) in [6, 6.07) is 14.7. The minimum absolute atomic E-state index is 0.0467. The Labute approximate surface area is 250 Å². The monoisotopic (exact) mass is 617 g/mol. The fourth-order valence-corrected chi connectivity index (χ4v) is 5.93. The van der Waals surface area contributed by atoms with Crippen LogP contribution in [-0.4, -0.2) is 57.0 Å². The second-order valence-corrected chi connectivity index (χ2v) is 12.2. The van der Waals surface area contributed by atoms with Gasteiger partial charge in [-0.1, -0.05) is 36.7 Å². The first-order chi connectivity index (χ1) is 20.0. The molecule has 0 saturated carbocycles. The Morgan fingerprint density at radius 3 is 2.33 bits per heavy atom. The average Bonchev–Trinajstić information content (AvgIpc) is 2.99. The van der Waals surface area contributed by atoms with Crippen molar-refractivity contribution in [2.45, 2.75) is 50.7 Å². The maximum atomic E-state index is 14.0. The highest BCUT2D eigenvalue weighted by Gasteiger charge is 2.33. The van der Waals surface area contributed by atoms with Crippen LogP contribution < -0.4 is 19.1 Å². The summed E-state index contributed by atoms with van der Waals surface area (Å²) < 4.78 is 53.8. The topological polar surface area (TPSA) is 105 Å². The lowest BCUT2D eigenvalue weighted by molar-refractivity contribution is -0.139. The third kappa shape index (κ3) is 7.14. The van der Waals surface area contributed by atoms with E-state index in [0.29, 0.717) is 29.4 Å². The molecule has 0 fully saturated rings. The Hall–Kier alpha value is -3.83. The summed E-state index contributed by atoms with van der Waals surface area (Å²) in [6.07, 6.45) is 0.684. The van der Waals surface area contributed by atoms with Crippen LogP contribution in [0.4, 0.5) is 10.1 Å². The van der Waals surface area contributed by atoms with E-state index in [0.717, 1.165) is 16.4 Å². The second kappa shape index (κ2) is 13.4. The minimum Gasteiger partial charge on any atom is -0.486 e. The van der Waals surface area contributed by atoms with E-state index >= 15 is 0 Å². The van der Waals surface area contributed by atoms with Gasteiger partial charge in [0, 0.05) is 23.7 Å². The van der Waals surface area contributed by atoms with Crippen LogP contribution in [0.15, 0.2) is 71.6 Å². The molecular formula is C30H33ClFN3O6S. The Balaban J connectivity index is 1.72. The first kappa shape index (κ1) is 31.1. The molecule has 0 unspecified atom stereocenters. The summed E-state index contributed by atoms with van der Waals surface area (Å²) in [5.74, 6) is -0.975. The number of fused-ring (bicyclic) bond motifs is 1. The lowest BCUT2D eigenvalue weighted by atomic mass is 10.1.